The number of nitrogens with zero attached hydrogens (tertiary/aromatic N) is 3. The minimum Gasteiger partial charge on any atom is -0.372 e. The number of anilines is 1. The fraction of sp³-hybridized carbons (Fsp3) is 0.409. The van der Waals surface area contributed by atoms with Gasteiger partial charge in [0.2, 0.25) is 10.0 Å². The number of hydrogen-bond donors (Lipinski definition) is 0. The molecule has 0 atom stereocenters. The smallest absolute Gasteiger partial charge is 0.253 e. The minimum atomic E-state index is -3.52. The molecule has 7 heteroatoms. The van der Waals surface area contributed by atoms with Crippen LogP contribution in [0, 0.1) is 6.92 Å². The summed E-state index contributed by atoms with van der Waals surface area (Å²) < 4.78 is 27.1. The molecule has 1 saturated heterocycles. The normalized spacial score (nSPS) is 15.3. The molecule has 0 aromatic heterocycles. The number of benzene rings is 2. The zero-order valence-electron chi connectivity index (χ0n) is 17.3. The van der Waals surface area contributed by atoms with E-state index in [4.69, 9.17) is 0 Å². The summed E-state index contributed by atoms with van der Waals surface area (Å²) >= 11 is 0. The molecule has 0 bridgehead atoms. The van der Waals surface area contributed by atoms with Crippen LogP contribution in [0.25, 0.3) is 0 Å². The van der Waals surface area contributed by atoms with Crippen LogP contribution in [-0.2, 0) is 10.0 Å². The van der Waals surface area contributed by atoms with Gasteiger partial charge in [-0.3, -0.25) is 4.79 Å². The van der Waals surface area contributed by atoms with Gasteiger partial charge in [0.1, 0.15) is 0 Å². The first-order valence-corrected chi connectivity index (χ1v) is 11.5. The Bertz CT molecular complexity index is 928. The minimum absolute atomic E-state index is 0.0523. The Morgan fingerprint density at radius 1 is 0.897 bits per heavy atom. The van der Waals surface area contributed by atoms with E-state index >= 15 is 0 Å². The first kappa shape index (κ1) is 21.3. The summed E-state index contributed by atoms with van der Waals surface area (Å²) in [6.07, 6.45) is 0. The van der Waals surface area contributed by atoms with Gasteiger partial charge in [-0.05, 0) is 57.2 Å². The van der Waals surface area contributed by atoms with Crippen LogP contribution in [0.3, 0.4) is 0 Å². The molecule has 1 fully saturated rings. The van der Waals surface area contributed by atoms with E-state index < -0.39 is 10.0 Å². The van der Waals surface area contributed by atoms with E-state index in [0.717, 1.165) is 24.3 Å². The molecule has 1 amide bonds. The zero-order chi connectivity index (χ0) is 21.0. The summed E-state index contributed by atoms with van der Waals surface area (Å²) in [7, 11) is -3.52. The summed E-state index contributed by atoms with van der Waals surface area (Å²) in [6, 6.07) is 14.5. The van der Waals surface area contributed by atoms with Crippen LogP contribution in [0.5, 0.6) is 0 Å². The second-order valence-electron chi connectivity index (χ2n) is 7.23. The summed E-state index contributed by atoms with van der Waals surface area (Å²) in [5.41, 5.74) is 2.75. The highest BCUT2D eigenvalue weighted by molar-refractivity contribution is 7.89. The molecule has 1 aliphatic heterocycles. The average molecular weight is 416 g/mol. The van der Waals surface area contributed by atoms with Crippen molar-refractivity contribution in [3.63, 3.8) is 0 Å². The number of carbonyl (C=O) groups is 1. The van der Waals surface area contributed by atoms with Gasteiger partial charge in [0.05, 0.1) is 4.90 Å². The molecule has 2 aromatic carbocycles. The molecular formula is C22H29N3O3S. The second kappa shape index (κ2) is 8.97. The van der Waals surface area contributed by atoms with Crippen LogP contribution in [-0.4, -0.2) is 62.8 Å². The third-order valence-electron chi connectivity index (χ3n) is 5.43. The number of piperazine rings is 1. The number of amides is 1. The lowest BCUT2D eigenvalue weighted by molar-refractivity contribution is 0.0698. The molecule has 6 nitrogen and oxygen atoms in total. The van der Waals surface area contributed by atoms with Crippen molar-refractivity contribution < 1.29 is 13.2 Å². The Kier molecular flexibility index (Phi) is 6.59. The van der Waals surface area contributed by atoms with Crippen LogP contribution >= 0.6 is 0 Å². The summed E-state index contributed by atoms with van der Waals surface area (Å²) in [5, 5.41) is 0. The first-order chi connectivity index (χ1) is 13.9. The Labute approximate surface area is 173 Å². The monoisotopic (exact) mass is 415 g/mol. The maximum atomic E-state index is 12.8. The van der Waals surface area contributed by atoms with Crippen molar-refractivity contribution in [1.82, 2.24) is 9.21 Å². The highest BCUT2D eigenvalue weighted by atomic mass is 32.2. The predicted molar refractivity (Wildman–Crippen MR) is 116 cm³/mol. The van der Waals surface area contributed by atoms with Crippen molar-refractivity contribution in [2.75, 3.05) is 44.2 Å². The zero-order valence-corrected chi connectivity index (χ0v) is 18.2. The number of sulfonamides is 1. The van der Waals surface area contributed by atoms with Crippen molar-refractivity contribution in [3.8, 4) is 0 Å². The van der Waals surface area contributed by atoms with Gasteiger partial charge in [0.15, 0.2) is 0 Å². The standard InChI is InChI=1S/C22H29N3O3S/c1-4-23(5-2)20-10-8-19(9-11-20)22(26)24-14-16-25(17-15-24)29(27,28)21-12-6-18(3)7-13-21/h6-13H,4-5,14-17H2,1-3H3. The molecule has 0 saturated carbocycles. The fourth-order valence-electron chi connectivity index (χ4n) is 3.58. The van der Waals surface area contributed by atoms with Crippen LogP contribution in [0.4, 0.5) is 5.69 Å². The Morgan fingerprint density at radius 3 is 1.97 bits per heavy atom. The molecule has 156 valence electrons. The van der Waals surface area contributed by atoms with E-state index in [9.17, 15) is 13.2 Å². The van der Waals surface area contributed by atoms with Crippen LogP contribution in [0.2, 0.25) is 0 Å². The number of aryl methyl sites for hydroxylation is 1. The molecule has 0 spiro atoms. The lowest BCUT2D eigenvalue weighted by Crippen LogP contribution is -2.50. The molecule has 1 heterocycles. The molecular weight excluding hydrogens is 386 g/mol. The van der Waals surface area contributed by atoms with Crippen molar-refractivity contribution in [3.05, 3.63) is 59.7 Å². The highest BCUT2D eigenvalue weighted by Crippen LogP contribution is 2.20. The highest BCUT2D eigenvalue weighted by Gasteiger charge is 2.30. The van der Waals surface area contributed by atoms with E-state index in [-0.39, 0.29) is 5.91 Å². The van der Waals surface area contributed by atoms with Gasteiger partial charge in [-0.25, -0.2) is 8.42 Å². The van der Waals surface area contributed by atoms with Crippen LogP contribution in [0.15, 0.2) is 53.4 Å². The van der Waals surface area contributed by atoms with Gasteiger partial charge < -0.3 is 9.80 Å². The van der Waals surface area contributed by atoms with E-state index in [0.29, 0.717) is 36.6 Å². The Morgan fingerprint density at radius 2 is 1.45 bits per heavy atom. The van der Waals surface area contributed by atoms with Gasteiger partial charge in [-0.2, -0.15) is 4.31 Å². The molecule has 2 aromatic rings. The van der Waals surface area contributed by atoms with E-state index in [1.807, 2.05) is 31.2 Å². The molecule has 3 rings (SSSR count). The fourth-order valence-corrected chi connectivity index (χ4v) is 5.00. The molecule has 1 aliphatic rings. The SMILES string of the molecule is CCN(CC)c1ccc(C(=O)N2CCN(S(=O)(=O)c3ccc(C)cc3)CC2)cc1. The molecule has 0 unspecified atom stereocenters. The van der Waals surface area contributed by atoms with Gasteiger partial charge in [-0.1, -0.05) is 17.7 Å². The van der Waals surface area contributed by atoms with Crippen LogP contribution < -0.4 is 4.90 Å². The van der Waals surface area contributed by atoms with Crippen molar-refractivity contribution in [2.45, 2.75) is 25.7 Å². The topological polar surface area (TPSA) is 60.9 Å². The number of carbonyl (C=O) groups excluding carboxylic acids is 1. The quantitative estimate of drug-likeness (QED) is 0.728. The Hall–Kier alpha value is -2.38. The molecule has 29 heavy (non-hydrogen) atoms. The van der Waals surface area contributed by atoms with Gasteiger partial charge in [0.25, 0.3) is 5.91 Å². The van der Waals surface area contributed by atoms with Crippen LogP contribution in [0.1, 0.15) is 29.8 Å². The van der Waals surface area contributed by atoms with Gasteiger partial charge >= 0.3 is 0 Å². The van der Waals surface area contributed by atoms with Gasteiger partial charge in [0, 0.05) is 50.5 Å². The third kappa shape index (κ3) is 4.62. The van der Waals surface area contributed by atoms with E-state index in [1.165, 1.54) is 4.31 Å². The van der Waals surface area contributed by atoms with Gasteiger partial charge in [-0.15, -0.1) is 0 Å². The summed E-state index contributed by atoms with van der Waals surface area (Å²) in [6.45, 7) is 9.36. The largest absolute Gasteiger partial charge is 0.372 e. The maximum absolute atomic E-state index is 12.8. The average Bonchev–Trinajstić information content (AvgIpc) is 2.75. The Balaban J connectivity index is 1.64. The van der Waals surface area contributed by atoms with Crippen molar-refractivity contribution >= 4 is 21.6 Å². The molecule has 0 aliphatic carbocycles. The van der Waals surface area contributed by atoms with E-state index in [1.54, 1.807) is 29.2 Å². The van der Waals surface area contributed by atoms with Crippen molar-refractivity contribution in [2.24, 2.45) is 0 Å². The maximum Gasteiger partial charge on any atom is 0.253 e. The lowest BCUT2D eigenvalue weighted by atomic mass is 10.1. The first-order valence-electron chi connectivity index (χ1n) is 10.1. The molecule has 0 N–H and O–H groups in total. The van der Waals surface area contributed by atoms with Crippen molar-refractivity contribution in [1.29, 1.82) is 0 Å². The third-order valence-corrected chi connectivity index (χ3v) is 7.34. The summed E-state index contributed by atoms with van der Waals surface area (Å²) in [4.78, 5) is 17.1. The number of rotatable bonds is 6. The summed E-state index contributed by atoms with van der Waals surface area (Å²) in [5.74, 6) is -0.0523. The predicted octanol–water partition coefficient (Wildman–Crippen LogP) is 2.99. The number of hydrogen-bond acceptors (Lipinski definition) is 4. The van der Waals surface area contributed by atoms with E-state index in [2.05, 4.69) is 18.7 Å². The second-order valence-corrected chi connectivity index (χ2v) is 9.17. The molecule has 0 radical (unpaired) electrons. The lowest BCUT2D eigenvalue weighted by Gasteiger charge is -2.34.